The number of nitrogens with one attached hydrogen (secondary N) is 1. The topological polar surface area (TPSA) is 50.7 Å². The number of amides is 1. The van der Waals surface area contributed by atoms with E-state index in [1.807, 2.05) is 56.3 Å². The van der Waals surface area contributed by atoms with Crippen LogP contribution in [-0.4, -0.2) is 18.7 Å². The molecule has 0 heterocycles. The van der Waals surface area contributed by atoms with Gasteiger partial charge in [-0.2, -0.15) is 5.10 Å². The van der Waals surface area contributed by atoms with Crippen molar-refractivity contribution >= 4 is 12.1 Å². The Kier molecular flexibility index (Phi) is 5.10. The maximum atomic E-state index is 12.0. The Labute approximate surface area is 124 Å². The molecule has 1 amide bonds. The van der Waals surface area contributed by atoms with E-state index in [2.05, 4.69) is 10.5 Å². The van der Waals surface area contributed by atoms with Crippen molar-refractivity contribution in [3.63, 3.8) is 0 Å². The van der Waals surface area contributed by atoms with Gasteiger partial charge in [0.2, 0.25) is 0 Å². The van der Waals surface area contributed by atoms with Gasteiger partial charge in [0.25, 0.3) is 5.91 Å². The molecule has 108 valence electrons. The summed E-state index contributed by atoms with van der Waals surface area (Å²) in [6.45, 7) is 4.47. The van der Waals surface area contributed by atoms with E-state index in [1.54, 1.807) is 12.3 Å². The molecule has 21 heavy (non-hydrogen) atoms. The van der Waals surface area contributed by atoms with E-state index in [0.717, 1.165) is 16.9 Å². The second kappa shape index (κ2) is 7.24. The SMILES string of the molecule is CCOc1ccc(/C=N/NC(=O)c2ccccc2C)cc1. The van der Waals surface area contributed by atoms with Crippen molar-refractivity contribution in [2.75, 3.05) is 6.61 Å². The molecule has 0 aliphatic heterocycles. The number of carbonyl (C=O) groups is 1. The van der Waals surface area contributed by atoms with Crippen molar-refractivity contribution in [2.24, 2.45) is 5.10 Å². The third-order valence-electron chi connectivity index (χ3n) is 2.96. The molecule has 4 nitrogen and oxygen atoms in total. The zero-order valence-corrected chi connectivity index (χ0v) is 12.2. The Morgan fingerprint density at radius 1 is 1.19 bits per heavy atom. The van der Waals surface area contributed by atoms with Gasteiger partial charge in [-0.25, -0.2) is 5.43 Å². The molecule has 2 aromatic carbocycles. The average molecular weight is 282 g/mol. The maximum Gasteiger partial charge on any atom is 0.271 e. The Balaban J connectivity index is 1.96. The van der Waals surface area contributed by atoms with Crippen LogP contribution < -0.4 is 10.2 Å². The predicted octanol–water partition coefficient (Wildman–Crippen LogP) is 3.16. The Morgan fingerprint density at radius 2 is 1.90 bits per heavy atom. The number of hydrogen-bond donors (Lipinski definition) is 1. The highest BCUT2D eigenvalue weighted by atomic mass is 16.5. The highest BCUT2D eigenvalue weighted by Crippen LogP contribution is 2.10. The lowest BCUT2D eigenvalue weighted by atomic mass is 10.1. The number of ether oxygens (including phenoxy) is 1. The fraction of sp³-hybridized carbons (Fsp3) is 0.176. The van der Waals surface area contributed by atoms with Gasteiger partial charge in [-0.05, 0) is 55.3 Å². The van der Waals surface area contributed by atoms with E-state index in [9.17, 15) is 4.79 Å². The Morgan fingerprint density at radius 3 is 2.57 bits per heavy atom. The lowest BCUT2D eigenvalue weighted by Gasteiger charge is -2.03. The van der Waals surface area contributed by atoms with Gasteiger partial charge in [0.15, 0.2) is 0 Å². The van der Waals surface area contributed by atoms with Crippen molar-refractivity contribution < 1.29 is 9.53 Å². The predicted molar refractivity (Wildman–Crippen MR) is 83.9 cm³/mol. The van der Waals surface area contributed by atoms with E-state index in [1.165, 1.54) is 0 Å². The van der Waals surface area contributed by atoms with Crippen LogP contribution in [0, 0.1) is 6.92 Å². The number of rotatable bonds is 5. The minimum absolute atomic E-state index is 0.213. The fourth-order valence-electron chi connectivity index (χ4n) is 1.87. The zero-order valence-electron chi connectivity index (χ0n) is 12.2. The number of carbonyl (C=O) groups excluding carboxylic acids is 1. The maximum absolute atomic E-state index is 12.0. The van der Waals surface area contributed by atoms with E-state index in [4.69, 9.17) is 4.74 Å². The van der Waals surface area contributed by atoms with Gasteiger partial charge < -0.3 is 4.74 Å². The highest BCUT2D eigenvalue weighted by molar-refractivity contribution is 5.96. The van der Waals surface area contributed by atoms with Crippen LogP contribution in [0.3, 0.4) is 0 Å². The van der Waals surface area contributed by atoms with Gasteiger partial charge in [0.1, 0.15) is 5.75 Å². The molecular weight excluding hydrogens is 264 g/mol. The van der Waals surface area contributed by atoms with Crippen LogP contribution >= 0.6 is 0 Å². The van der Waals surface area contributed by atoms with Crippen LogP contribution in [0.1, 0.15) is 28.4 Å². The molecule has 2 rings (SSSR count). The molecule has 0 saturated carbocycles. The first-order chi connectivity index (χ1) is 10.2. The molecule has 0 bridgehead atoms. The lowest BCUT2D eigenvalue weighted by molar-refractivity contribution is 0.0954. The second-order valence-corrected chi connectivity index (χ2v) is 4.52. The third-order valence-corrected chi connectivity index (χ3v) is 2.96. The summed E-state index contributed by atoms with van der Waals surface area (Å²) in [4.78, 5) is 12.0. The summed E-state index contributed by atoms with van der Waals surface area (Å²) in [6.07, 6.45) is 1.60. The van der Waals surface area contributed by atoms with Gasteiger partial charge in [-0.15, -0.1) is 0 Å². The molecule has 0 atom stereocenters. The highest BCUT2D eigenvalue weighted by Gasteiger charge is 2.05. The van der Waals surface area contributed by atoms with Crippen molar-refractivity contribution in [3.05, 3.63) is 65.2 Å². The summed E-state index contributed by atoms with van der Waals surface area (Å²) in [5, 5.41) is 3.97. The standard InChI is InChI=1S/C17H18N2O2/c1-3-21-15-10-8-14(9-11-15)12-18-19-17(20)16-7-5-4-6-13(16)2/h4-12H,3H2,1-2H3,(H,19,20)/b18-12+. The molecule has 1 N–H and O–H groups in total. The van der Waals surface area contributed by atoms with Crippen LogP contribution in [0.25, 0.3) is 0 Å². The van der Waals surface area contributed by atoms with Gasteiger partial charge in [0, 0.05) is 5.56 Å². The molecule has 0 saturated heterocycles. The van der Waals surface area contributed by atoms with Crippen LogP contribution in [0.15, 0.2) is 53.6 Å². The Bertz CT molecular complexity index is 633. The van der Waals surface area contributed by atoms with Crippen LogP contribution in [0.5, 0.6) is 5.75 Å². The molecule has 2 aromatic rings. The molecular formula is C17H18N2O2. The average Bonchev–Trinajstić information content (AvgIpc) is 2.49. The first kappa shape index (κ1) is 14.8. The van der Waals surface area contributed by atoms with Gasteiger partial charge in [0.05, 0.1) is 12.8 Å². The Hall–Kier alpha value is -2.62. The smallest absolute Gasteiger partial charge is 0.271 e. The first-order valence-electron chi connectivity index (χ1n) is 6.82. The van der Waals surface area contributed by atoms with Crippen LogP contribution in [0.4, 0.5) is 0 Å². The number of hydrogen-bond acceptors (Lipinski definition) is 3. The summed E-state index contributed by atoms with van der Waals surface area (Å²) < 4.78 is 5.36. The summed E-state index contributed by atoms with van der Waals surface area (Å²) in [5.74, 6) is 0.605. The molecule has 0 radical (unpaired) electrons. The quantitative estimate of drug-likeness (QED) is 0.676. The number of hydrazone groups is 1. The monoisotopic (exact) mass is 282 g/mol. The van der Waals surface area contributed by atoms with Crippen molar-refractivity contribution in [3.8, 4) is 5.75 Å². The van der Waals surface area contributed by atoms with E-state index in [-0.39, 0.29) is 5.91 Å². The first-order valence-corrected chi connectivity index (χ1v) is 6.82. The number of aryl methyl sites for hydroxylation is 1. The normalized spacial score (nSPS) is 10.6. The van der Waals surface area contributed by atoms with Gasteiger partial charge in [-0.1, -0.05) is 18.2 Å². The lowest BCUT2D eigenvalue weighted by Crippen LogP contribution is -2.18. The molecule has 0 aliphatic rings. The molecule has 0 unspecified atom stereocenters. The summed E-state index contributed by atoms with van der Waals surface area (Å²) in [6, 6.07) is 14.9. The minimum atomic E-state index is -0.213. The molecule has 0 aromatic heterocycles. The van der Waals surface area contributed by atoms with Crippen molar-refractivity contribution in [1.82, 2.24) is 5.43 Å². The zero-order chi connectivity index (χ0) is 15.1. The fourth-order valence-corrected chi connectivity index (χ4v) is 1.87. The molecule has 4 heteroatoms. The third kappa shape index (κ3) is 4.18. The van der Waals surface area contributed by atoms with E-state index in [0.29, 0.717) is 12.2 Å². The van der Waals surface area contributed by atoms with Crippen molar-refractivity contribution in [2.45, 2.75) is 13.8 Å². The summed E-state index contributed by atoms with van der Waals surface area (Å²) in [7, 11) is 0. The number of nitrogens with zero attached hydrogens (tertiary/aromatic N) is 1. The minimum Gasteiger partial charge on any atom is -0.494 e. The second-order valence-electron chi connectivity index (χ2n) is 4.52. The summed E-state index contributed by atoms with van der Waals surface area (Å²) >= 11 is 0. The molecule has 0 aliphatic carbocycles. The molecule has 0 spiro atoms. The summed E-state index contributed by atoms with van der Waals surface area (Å²) in [5.41, 5.74) is 4.97. The largest absolute Gasteiger partial charge is 0.494 e. The molecule has 0 fully saturated rings. The van der Waals surface area contributed by atoms with Gasteiger partial charge in [-0.3, -0.25) is 4.79 Å². The van der Waals surface area contributed by atoms with Gasteiger partial charge >= 0.3 is 0 Å². The van der Waals surface area contributed by atoms with Crippen LogP contribution in [0.2, 0.25) is 0 Å². The number of benzene rings is 2. The van der Waals surface area contributed by atoms with E-state index < -0.39 is 0 Å². The van der Waals surface area contributed by atoms with E-state index >= 15 is 0 Å². The van der Waals surface area contributed by atoms with Crippen LogP contribution in [-0.2, 0) is 0 Å². The van der Waals surface area contributed by atoms with Crippen molar-refractivity contribution in [1.29, 1.82) is 0 Å².